The van der Waals surface area contributed by atoms with Crippen molar-refractivity contribution in [2.45, 2.75) is 53.4 Å². The molecule has 0 aliphatic carbocycles. The lowest BCUT2D eigenvalue weighted by molar-refractivity contribution is 0.170. The number of nitrogens with zero attached hydrogens (tertiary/aromatic N) is 2. The molecule has 0 rings (SSSR count). The van der Waals surface area contributed by atoms with Crippen molar-refractivity contribution >= 4 is 29.0 Å². The maximum atomic E-state index is 5.37. The van der Waals surface area contributed by atoms with Crippen molar-refractivity contribution in [1.29, 1.82) is 0 Å². The van der Waals surface area contributed by atoms with E-state index in [0.29, 0.717) is 0 Å². The lowest BCUT2D eigenvalue weighted by atomic mass is 10.2. The van der Waals surface area contributed by atoms with E-state index in [1.54, 1.807) is 0 Å². The van der Waals surface area contributed by atoms with Gasteiger partial charge in [-0.15, -0.1) is 12.6 Å². The first-order chi connectivity index (χ1) is 8.62. The van der Waals surface area contributed by atoms with Crippen LogP contribution < -0.4 is 0 Å². The zero-order valence-electron chi connectivity index (χ0n) is 12.4. The molecule has 1 radical (unpaired) electrons. The molecule has 0 N–H and O–H groups in total. The monoisotopic (exact) mass is 289 g/mol. The molecule has 0 aliphatic heterocycles. The first kappa shape index (κ1) is 18.4. The van der Waals surface area contributed by atoms with Crippen LogP contribution in [0.3, 0.4) is 0 Å². The number of hydrogen-bond acceptors (Lipinski definition) is 3. The normalized spacial score (nSPS) is 11.8. The molecule has 0 heterocycles. The van der Waals surface area contributed by atoms with Gasteiger partial charge in [-0.2, -0.15) is 0 Å². The van der Waals surface area contributed by atoms with Crippen molar-refractivity contribution in [2.75, 3.05) is 26.2 Å². The summed E-state index contributed by atoms with van der Waals surface area (Å²) in [6, 6.07) is 0. The molecular weight excluding hydrogens is 260 g/mol. The van der Waals surface area contributed by atoms with Crippen LogP contribution in [0.25, 0.3) is 0 Å². The second kappa shape index (κ2) is 11.2. The minimum Gasteiger partial charge on any atom is -0.277 e. The Morgan fingerprint density at radius 3 is 1.22 bits per heavy atom. The molecule has 0 atom stereocenters. The molecule has 0 unspecified atom stereocenters. The fourth-order valence-electron chi connectivity index (χ4n) is 2.20. The molecule has 0 saturated heterocycles. The second-order valence-electron chi connectivity index (χ2n) is 4.60. The first-order valence-corrected chi connectivity index (χ1v) is 8.07. The molecule has 0 aromatic rings. The Balaban J connectivity index is 4.88. The second-order valence-corrected chi connectivity index (χ2v) is 5.76. The first-order valence-electron chi connectivity index (χ1n) is 7.22. The van der Waals surface area contributed by atoms with E-state index in [9.17, 15) is 0 Å². The number of hydrogen-bond donors (Lipinski definition) is 1. The Morgan fingerprint density at radius 2 is 1.06 bits per heavy atom. The molecule has 0 saturated carbocycles. The van der Waals surface area contributed by atoms with Gasteiger partial charge in [0.15, 0.2) is 6.17 Å². The van der Waals surface area contributed by atoms with Crippen LogP contribution in [-0.4, -0.2) is 40.2 Å². The van der Waals surface area contributed by atoms with Crippen molar-refractivity contribution in [2.24, 2.45) is 0 Å². The van der Waals surface area contributed by atoms with Crippen LogP contribution in [0.1, 0.15) is 53.4 Å². The van der Waals surface area contributed by atoms with Gasteiger partial charge >= 0.3 is 0 Å². The Morgan fingerprint density at radius 1 is 0.778 bits per heavy atom. The third-order valence-corrected chi connectivity index (χ3v) is 3.15. The van der Waals surface area contributed by atoms with Crippen LogP contribution in [0.2, 0.25) is 0 Å². The highest BCUT2D eigenvalue weighted by Gasteiger charge is 2.27. The molecular formula is C14H29N2S2. The summed E-state index contributed by atoms with van der Waals surface area (Å²) in [7, 11) is 0. The van der Waals surface area contributed by atoms with Gasteiger partial charge in [-0.3, -0.25) is 9.80 Å². The third kappa shape index (κ3) is 6.50. The standard InChI is InChI=1S/C14H29N2S2/c1-5-9-15(10-6-2)13(14(17)18)16(11-7-3)12-8-4/h5-12H2,1-4H3,(H,17,18). The van der Waals surface area contributed by atoms with Crippen LogP contribution in [0.4, 0.5) is 0 Å². The van der Waals surface area contributed by atoms with E-state index >= 15 is 0 Å². The van der Waals surface area contributed by atoms with E-state index < -0.39 is 0 Å². The fourth-order valence-corrected chi connectivity index (χ4v) is 2.74. The van der Waals surface area contributed by atoms with Gasteiger partial charge in [-0.25, -0.2) is 0 Å². The molecule has 4 heteroatoms. The van der Waals surface area contributed by atoms with Gasteiger partial charge in [0.2, 0.25) is 0 Å². The van der Waals surface area contributed by atoms with E-state index in [2.05, 4.69) is 50.1 Å². The summed E-state index contributed by atoms with van der Waals surface area (Å²) < 4.78 is 0.735. The molecule has 0 aromatic heterocycles. The minimum atomic E-state index is 0.735. The summed E-state index contributed by atoms with van der Waals surface area (Å²) >= 11 is 9.82. The fraction of sp³-hybridized carbons (Fsp3) is 0.857. The molecule has 0 amide bonds. The molecule has 107 valence electrons. The molecule has 0 bridgehead atoms. The highest BCUT2D eigenvalue weighted by atomic mass is 32.1. The van der Waals surface area contributed by atoms with E-state index in [-0.39, 0.29) is 0 Å². The summed E-state index contributed by atoms with van der Waals surface area (Å²) in [4.78, 5) is 4.81. The molecule has 0 aliphatic rings. The van der Waals surface area contributed by atoms with Gasteiger partial charge in [0, 0.05) is 26.2 Å². The largest absolute Gasteiger partial charge is 0.277 e. The zero-order valence-corrected chi connectivity index (χ0v) is 14.1. The average Bonchev–Trinajstić information content (AvgIpc) is 2.30. The lowest BCUT2D eigenvalue weighted by Gasteiger charge is -2.37. The highest BCUT2D eigenvalue weighted by Crippen LogP contribution is 2.21. The summed E-state index contributed by atoms with van der Waals surface area (Å²) in [5.41, 5.74) is 0. The summed E-state index contributed by atoms with van der Waals surface area (Å²) in [6.45, 7) is 13.1. The van der Waals surface area contributed by atoms with Gasteiger partial charge in [0.1, 0.15) is 0 Å². The zero-order chi connectivity index (χ0) is 14.0. The predicted octanol–water partition coefficient (Wildman–Crippen LogP) is 3.98. The third-order valence-electron chi connectivity index (χ3n) is 2.76. The Hall–Kier alpha value is 0.360. The van der Waals surface area contributed by atoms with E-state index in [0.717, 1.165) is 56.1 Å². The van der Waals surface area contributed by atoms with Crippen LogP contribution >= 0.6 is 24.8 Å². The Bertz CT molecular complexity index is 194. The number of thiol groups is 1. The van der Waals surface area contributed by atoms with Crippen molar-refractivity contribution in [1.82, 2.24) is 9.80 Å². The summed E-state index contributed by atoms with van der Waals surface area (Å²) in [5, 5.41) is 0. The average molecular weight is 290 g/mol. The molecule has 2 nitrogen and oxygen atoms in total. The number of thiocarbonyl (C=S) groups is 1. The highest BCUT2D eigenvalue weighted by molar-refractivity contribution is 8.11. The van der Waals surface area contributed by atoms with E-state index in [1.165, 1.54) is 6.17 Å². The summed E-state index contributed by atoms with van der Waals surface area (Å²) in [6.07, 6.45) is 5.75. The predicted molar refractivity (Wildman–Crippen MR) is 89.1 cm³/mol. The van der Waals surface area contributed by atoms with Gasteiger partial charge in [0.05, 0.1) is 4.20 Å². The van der Waals surface area contributed by atoms with Gasteiger partial charge in [-0.05, 0) is 25.7 Å². The maximum absolute atomic E-state index is 5.37. The Kier molecular flexibility index (Phi) is 11.4. The molecule has 18 heavy (non-hydrogen) atoms. The van der Waals surface area contributed by atoms with Crippen LogP contribution in [0.5, 0.6) is 0 Å². The minimum absolute atomic E-state index is 0.735. The van der Waals surface area contributed by atoms with Gasteiger partial charge in [-0.1, -0.05) is 39.9 Å². The van der Waals surface area contributed by atoms with Gasteiger partial charge < -0.3 is 0 Å². The lowest BCUT2D eigenvalue weighted by Crippen LogP contribution is -2.45. The van der Waals surface area contributed by atoms with E-state index in [4.69, 9.17) is 12.2 Å². The smallest absolute Gasteiger partial charge is 0.155 e. The van der Waals surface area contributed by atoms with Crippen molar-refractivity contribution in [3.8, 4) is 0 Å². The molecule has 0 fully saturated rings. The summed E-state index contributed by atoms with van der Waals surface area (Å²) in [5.74, 6) is 0. The van der Waals surface area contributed by atoms with Crippen molar-refractivity contribution in [3.05, 3.63) is 6.17 Å². The maximum Gasteiger partial charge on any atom is 0.155 e. The Labute approximate surface area is 125 Å². The van der Waals surface area contributed by atoms with Gasteiger partial charge in [0.25, 0.3) is 0 Å². The van der Waals surface area contributed by atoms with Crippen molar-refractivity contribution in [3.63, 3.8) is 0 Å². The van der Waals surface area contributed by atoms with Crippen LogP contribution in [-0.2, 0) is 0 Å². The SMILES string of the molecule is CCCN(CCC)[C](C(=S)S)N(CCC)CCC. The quantitative estimate of drug-likeness (QED) is 0.454. The molecule has 0 spiro atoms. The van der Waals surface area contributed by atoms with Crippen LogP contribution in [0.15, 0.2) is 0 Å². The van der Waals surface area contributed by atoms with Crippen LogP contribution in [0, 0.1) is 6.17 Å². The number of rotatable bonds is 11. The van der Waals surface area contributed by atoms with E-state index in [1.807, 2.05) is 0 Å². The van der Waals surface area contributed by atoms with Crippen molar-refractivity contribution < 1.29 is 0 Å². The topological polar surface area (TPSA) is 6.48 Å². The molecule has 0 aromatic carbocycles.